The molecule has 0 saturated carbocycles. The quantitative estimate of drug-likeness (QED) is 0.741. The number of rotatable bonds is 4. The fraction of sp³-hybridized carbons (Fsp3) is 0.500. The number of ether oxygens (including phenoxy) is 1. The highest BCUT2D eigenvalue weighted by atomic mass is 79.9. The first-order valence-electron chi connectivity index (χ1n) is 4.96. The van der Waals surface area contributed by atoms with Crippen LogP contribution in [0.3, 0.4) is 0 Å². The third-order valence-corrected chi connectivity index (χ3v) is 3.00. The average molecular weight is 257 g/mol. The van der Waals surface area contributed by atoms with E-state index in [1.54, 1.807) is 0 Å². The van der Waals surface area contributed by atoms with Crippen molar-refractivity contribution in [1.29, 1.82) is 0 Å². The Hall–Kier alpha value is -0.500. The van der Waals surface area contributed by atoms with Gasteiger partial charge in [-0.25, -0.2) is 0 Å². The van der Waals surface area contributed by atoms with Crippen molar-refractivity contribution in [1.82, 2.24) is 0 Å². The van der Waals surface area contributed by atoms with Crippen molar-refractivity contribution in [3.8, 4) is 5.75 Å². The molecule has 0 aliphatic rings. The van der Waals surface area contributed by atoms with Crippen LogP contribution in [0.15, 0.2) is 24.3 Å². The second-order valence-corrected chi connectivity index (χ2v) is 4.42. The van der Waals surface area contributed by atoms with Gasteiger partial charge in [0.2, 0.25) is 0 Å². The van der Waals surface area contributed by atoms with Crippen LogP contribution in [0.5, 0.6) is 5.75 Å². The molecule has 2 heteroatoms. The molecule has 1 nitrogen and oxygen atoms in total. The summed E-state index contributed by atoms with van der Waals surface area (Å²) in [5.41, 5.74) is 1.28. The van der Waals surface area contributed by atoms with Crippen molar-refractivity contribution in [2.45, 2.75) is 32.8 Å². The summed E-state index contributed by atoms with van der Waals surface area (Å²) in [6.45, 7) is 6.42. The van der Waals surface area contributed by atoms with E-state index in [2.05, 4.69) is 48.8 Å². The first-order chi connectivity index (χ1) is 6.65. The maximum Gasteiger partial charge on any atom is 0.123 e. The zero-order chi connectivity index (χ0) is 10.6. The summed E-state index contributed by atoms with van der Waals surface area (Å²) in [5, 5.41) is 0.861. The molecule has 0 aromatic heterocycles. The lowest BCUT2D eigenvalue weighted by atomic mass is 10.0. The van der Waals surface area contributed by atoms with Gasteiger partial charge in [0, 0.05) is 5.33 Å². The molecule has 0 fully saturated rings. The van der Waals surface area contributed by atoms with Crippen LogP contribution >= 0.6 is 15.9 Å². The van der Waals surface area contributed by atoms with Crippen molar-refractivity contribution in [3.05, 3.63) is 29.8 Å². The lowest BCUT2D eigenvalue weighted by Crippen LogP contribution is -2.14. The van der Waals surface area contributed by atoms with E-state index in [1.807, 2.05) is 12.1 Å². The zero-order valence-corrected chi connectivity index (χ0v) is 10.5. The summed E-state index contributed by atoms with van der Waals surface area (Å²) in [5.74, 6) is 1.52. The third-order valence-electron chi connectivity index (χ3n) is 2.09. The third kappa shape index (κ3) is 3.02. The molecule has 14 heavy (non-hydrogen) atoms. The fourth-order valence-electron chi connectivity index (χ4n) is 1.31. The fourth-order valence-corrected chi connectivity index (χ4v) is 1.45. The summed E-state index contributed by atoms with van der Waals surface area (Å²) in [6, 6.07) is 8.23. The minimum Gasteiger partial charge on any atom is -0.490 e. The van der Waals surface area contributed by atoms with E-state index in [1.165, 1.54) is 5.56 Å². The van der Waals surface area contributed by atoms with Crippen molar-refractivity contribution in [3.63, 3.8) is 0 Å². The van der Waals surface area contributed by atoms with Gasteiger partial charge < -0.3 is 4.74 Å². The number of para-hydroxylation sites is 1. The minimum absolute atomic E-state index is 0.217. The summed E-state index contributed by atoms with van der Waals surface area (Å²) >= 11 is 3.41. The van der Waals surface area contributed by atoms with E-state index in [4.69, 9.17) is 4.74 Å². The van der Waals surface area contributed by atoms with Crippen LogP contribution in [0.25, 0.3) is 0 Å². The molecule has 1 unspecified atom stereocenters. The van der Waals surface area contributed by atoms with E-state index in [-0.39, 0.29) is 6.10 Å². The van der Waals surface area contributed by atoms with Gasteiger partial charge in [0.05, 0.1) is 0 Å². The molecule has 1 rings (SSSR count). The molecule has 0 heterocycles. The first-order valence-corrected chi connectivity index (χ1v) is 6.08. The number of alkyl halides is 1. The van der Waals surface area contributed by atoms with Crippen molar-refractivity contribution >= 4 is 15.9 Å². The Kier molecular flexibility index (Phi) is 4.46. The van der Waals surface area contributed by atoms with Gasteiger partial charge in [-0.05, 0) is 24.5 Å². The molecule has 0 saturated heterocycles. The number of halogens is 1. The Bertz CT molecular complexity index is 283. The molecule has 0 amide bonds. The van der Waals surface area contributed by atoms with E-state index in [9.17, 15) is 0 Å². The van der Waals surface area contributed by atoms with E-state index < -0.39 is 0 Å². The van der Waals surface area contributed by atoms with Gasteiger partial charge >= 0.3 is 0 Å². The van der Waals surface area contributed by atoms with Gasteiger partial charge in [0.15, 0.2) is 0 Å². The Morgan fingerprint density at radius 1 is 1.21 bits per heavy atom. The van der Waals surface area contributed by atoms with Gasteiger partial charge in [-0.1, -0.05) is 48.0 Å². The molecular formula is C12H17BrO. The lowest BCUT2D eigenvalue weighted by Gasteiger charge is -2.17. The minimum atomic E-state index is 0.217. The summed E-state index contributed by atoms with van der Waals surface area (Å²) in [6.07, 6.45) is 0.217. The van der Waals surface area contributed by atoms with Crippen LogP contribution in [-0.4, -0.2) is 11.4 Å². The number of hydrogen-bond acceptors (Lipinski definition) is 1. The maximum atomic E-state index is 5.81. The normalized spacial score (nSPS) is 12.9. The second kappa shape index (κ2) is 5.40. The van der Waals surface area contributed by atoms with Crippen LogP contribution in [0.4, 0.5) is 0 Å². The molecule has 0 radical (unpaired) electrons. The number of hydrogen-bond donors (Lipinski definition) is 0. The zero-order valence-electron chi connectivity index (χ0n) is 8.96. The Labute approximate surface area is 94.6 Å². The molecule has 78 valence electrons. The van der Waals surface area contributed by atoms with E-state index in [0.29, 0.717) is 5.92 Å². The van der Waals surface area contributed by atoms with E-state index in [0.717, 1.165) is 11.1 Å². The lowest BCUT2D eigenvalue weighted by molar-refractivity contribution is 0.245. The van der Waals surface area contributed by atoms with Crippen molar-refractivity contribution in [2.24, 2.45) is 0 Å². The smallest absolute Gasteiger partial charge is 0.123 e. The molecule has 1 aromatic rings. The van der Waals surface area contributed by atoms with Crippen LogP contribution in [0, 0.1) is 0 Å². The van der Waals surface area contributed by atoms with Crippen LogP contribution in [0.1, 0.15) is 32.3 Å². The summed E-state index contributed by atoms with van der Waals surface area (Å²) in [4.78, 5) is 0. The predicted octanol–water partition coefficient (Wildman–Crippen LogP) is 3.97. The Morgan fingerprint density at radius 2 is 1.86 bits per heavy atom. The van der Waals surface area contributed by atoms with E-state index >= 15 is 0 Å². The topological polar surface area (TPSA) is 9.23 Å². The van der Waals surface area contributed by atoms with Crippen LogP contribution in [-0.2, 0) is 0 Å². The highest BCUT2D eigenvalue weighted by Gasteiger charge is 2.09. The summed E-state index contributed by atoms with van der Waals surface area (Å²) < 4.78 is 5.81. The molecular weight excluding hydrogens is 240 g/mol. The molecule has 1 atom stereocenters. The molecule has 0 N–H and O–H groups in total. The Balaban J connectivity index is 2.84. The predicted molar refractivity (Wildman–Crippen MR) is 64.4 cm³/mol. The average Bonchev–Trinajstić information content (AvgIpc) is 2.18. The SMILES string of the molecule is CC(CBr)Oc1ccccc1C(C)C. The van der Waals surface area contributed by atoms with Crippen molar-refractivity contribution in [2.75, 3.05) is 5.33 Å². The number of benzene rings is 1. The first kappa shape index (κ1) is 11.6. The Morgan fingerprint density at radius 3 is 2.43 bits per heavy atom. The van der Waals surface area contributed by atoms with Crippen molar-refractivity contribution < 1.29 is 4.74 Å². The second-order valence-electron chi connectivity index (χ2n) is 3.78. The van der Waals surface area contributed by atoms with Gasteiger partial charge in [-0.15, -0.1) is 0 Å². The van der Waals surface area contributed by atoms with Gasteiger partial charge in [-0.3, -0.25) is 0 Å². The van der Waals surface area contributed by atoms with Gasteiger partial charge in [0.1, 0.15) is 11.9 Å². The molecule has 0 bridgehead atoms. The molecule has 0 aliphatic carbocycles. The maximum absolute atomic E-state index is 5.81. The summed E-state index contributed by atoms with van der Waals surface area (Å²) in [7, 11) is 0. The monoisotopic (exact) mass is 256 g/mol. The van der Waals surface area contributed by atoms with Crippen LogP contribution in [0.2, 0.25) is 0 Å². The molecule has 0 aliphatic heterocycles. The highest BCUT2D eigenvalue weighted by Crippen LogP contribution is 2.26. The molecule has 0 spiro atoms. The highest BCUT2D eigenvalue weighted by molar-refractivity contribution is 9.09. The largest absolute Gasteiger partial charge is 0.490 e. The van der Waals surface area contributed by atoms with Gasteiger partial charge in [-0.2, -0.15) is 0 Å². The molecule has 1 aromatic carbocycles. The van der Waals surface area contributed by atoms with Gasteiger partial charge in [0.25, 0.3) is 0 Å². The van der Waals surface area contributed by atoms with Crippen LogP contribution < -0.4 is 4.74 Å². The standard InChI is InChI=1S/C12H17BrO/c1-9(2)11-6-4-5-7-12(11)14-10(3)8-13/h4-7,9-10H,8H2,1-3H3.